The van der Waals surface area contributed by atoms with Crippen LogP contribution >= 0.6 is 0 Å². The summed E-state index contributed by atoms with van der Waals surface area (Å²) >= 11 is 0. The van der Waals surface area contributed by atoms with E-state index in [9.17, 15) is 8.42 Å². The van der Waals surface area contributed by atoms with Gasteiger partial charge in [0.2, 0.25) is 0 Å². The van der Waals surface area contributed by atoms with Crippen LogP contribution in [0.5, 0.6) is 0 Å². The average Bonchev–Trinajstić information content (AvgIpc) is 3.28. The zero-order chi connectivity index (χ0) is 15.3. The first-order valence-corrected chi connectivity index (χ1v) is 9.60. The van der Waals surface area contributed by atoms with Crippen molar-refractivity contribution in [2.24, 2.45) is 0 Å². The highest BCUT2D eigenvalue weighted by Crippen LogP contribution is 2.44. The monoisotopic (exact) mass is 318 g/mol. The van der Waals surface area contributed by atoms with E-state index in [0.29, 0.717) is 19.0 Å². The third-order valence-corrected chi connectivity index (χ3v) is 6.74. The van der Waals surface area contributed by atoms with Gasteiger partial charge in [0.25, 0.3) is 0 Å². The molecule has 2 heterocycles. The Labute approximate surface area is 131 Å². The highest BCUT2D eigenvalue weighted by Gasteiger charge is 2.32. The maximum atomic E-state index is 13.1. The molecule has 1 aromatic heterocycles. The van der Waals surface area contributed by atoms with Gasteiger partial charge in [-0.25, -0.2) is 3.97 Å². The SMILES string of the molecule is Cc1cccc2c(C3CC3)cn(S(=O)(=O)N3CCCCC3)c12. The lowest BCUT2D eigenvalue weighted by atomic mass is 10.1. The highest BCUT2D eigenvalue weighted by atomic mass is 32.2. The first-order chi connectivity index (χ1) is 10.6. The van der Waals surface area contributed by atoms with Crippen LogP contribution in [0.4, 0.5) is 0 Å². The molecule has 1 saturated carbocycles. The summed E-state index contributed by atoms with van der Waals surface area (Å²) < 4.78 is 29.4. The van der Waals surface area contributed by atoms with E-state index in [1.165, 1.54) is 18.4 Å². The number of hydrogen-bond donors (Lipinski definition) is 0. The molecule has 2 aromatic rings. The minimum absolute atomic E-state index is 0.544. The summed E-state index contributed by atoms with van der Waals surface area (Å²) in [5, 5.41) is 1.11. The van der Waals surface area contributed by atoms with Crippen LogP contribution < -0.4 is 0 Å². The topological polar surface area (TPSA) is 42.3 Å². The van der Waals surface area contributed by atoms with Crippen LogP contribution in [0.2, 0.25) is 0 Å². The molecule has 0 amide bonds. The molecule has 1 saturated heterocycles. The molecule has 0 N–H and O–H groups in total. The Balaban J connectivity index is 1.90. The van der Waals surface area contributed by atoms with Crippen molar-refractivity contribution in [1.82, 2.24) is 8.28 Å². The number of fused-ring (bicyclic) bond motifs is 1. The number of para-hydroxylation sites is 1. The van der Waals surface area contributed by atoms with E-state index in [0.717, 1.165) is 35.7 Å². The van der Waals surface area contributed by atoms with E-state index in [1.54, 1.807) is 8.28 Å². The number of hydrogen-bond acceptors (Lipinski definition) is 2. The fraction of sp³-hybridized carbons (Fsp3) is 0.529. The molecule has 2 aliphatic rings. The Morgan fingerprint density at radius 2 is 1.82 bits per heavy atom. The molecule has 0 unspecified atom stereocenters. The molecular weight excluding hydrogens is 296 g/mol. The quantitative estimate of drug-likeness (QED) is 0.870. The standard InChI is InChI=1S/C17H22N2O2S/c1-13-6-5-7-15-16(14-8-9-14)12-19(17(13)15)22(20,21)18-10-3-2-4-11-18/h5-7,12,14H,2-4,8-11H2,1H3. The molecule has 22 heavy (non-hydrogen) atoms. The third-order valence-electron chi connectivity index (χ3n) is 4.93. The summed E-state index contributed by atoms with van der Waals surface area (Å²) in [4.78, 5) is 0. The Morgan fingerprint density at radius 3 is 2.50 bits per heavy atom. The maximum Gasteiger partial charge on any atom is 0.307 e. The first kappa shape index (κ1) is 14.3. The second-order valence-electron chi connectivity index (χ2n) is 6.59. The van der Waals surface area contributed by atoms with Crippen LogP contribution in [0.15, 0.2) is 24.4 Å². The van der Waals surface area contributed by atoms with Gasteiger partial charge in [-0.2, -0.15) is 12.7 Å². The van der Waals surface area contributed by atoms with Crippen LogP contribution in [0.25, 0.3) is 10.9 Å². The van der Waals surface area contributed by atoms with Gasteiger partial charge in [-0.15, -0.1) is 0 Å². The molecule has 5 heteroatoms. The van der Waals surface area contributed by atoms with Crippen LogP contribution in [0, 0.1) is 6.92 Å². The van der Waals surface area contributed by atoms with E-state index >= 15 is 0 Å². The van der Waals surface area contributed by atoms with Gasteiger partial charge in [-0.05, 0) is 49.7 Å². The zero-order valence-electron chi connectivity index (χ0n) is 13.0. The van der Waals surface area contributed by atoms with E-state index in [1.807, 2.05) is 25.3 Å². The second kappa shape index (κ2) is 5.10. The smallest absolute Gasteiger partial charge is 0.232 e. The lowest BCUT2D eigenvalue weighted by Crippen LogP contribution is -2.39. The van der Waals surface area contributed by atoms with Crippen molar-refractivity contribution >= 4 is 21.1 Å². The number of rotatable bonds is 3. The zero-order valence-corrected chi connectivity index (χ0v) is 13.8. The van der Waals surface area contributed by atoms with Gasteiger partial charge in [-0.1, -0.05) is 24.6 Å². The van der Waals surface area contributed by atoms with Gasteiger partial charge in [0.1, 0.15) is 0 Å². The lowest BCUT2D eigenvalue weighted by molar-refractivity contribution is 0.343. The van der Waals surface area contributed by atoms with Crippen LogP contribution in [0.1, 0.15) is 49.1 Å². The van der Waals surface area contributed by atoms with Crippen molar-refractivity contribution in [1.29, 1.82) is 0 Å². The fourth-order valence-electron chi connectivity index (χ4n) is 3.57. The number of benzene rings is 1. The summed E-state index contributed by atoms with van der Waals surface area (Å²) in [7, 11) is -3.45. The Morgan fingerprint density at radius 1 is 1.09 bits per heavy atom. The summed E-state index contributed by atoms with van der Waals surface area (Å²) in [5.41, 5.74) is 3.11. The molecule has 1 aliphatic carbocycles. The lowest BCUT2D eigenvalue weighted by Gasteiger charge is -2.26. The van der Waals surface area contributed by atoms with E-state index in [-0.39, 0.29) is 0 Å². The van der Waals surface area contributed by atoms with Crippen LogP contribution in [-0.4, -0.2) is 29.8 Å². The van der Waals surface area contributed by atoms with Gasteiger partial charge >= 0.3 is 10.2 Å². The molecule has 118 valence electrons. The summed E-state index contributed by atoms with van der Waals surface area (Å²) in [6, 6.07) is 6.10. The molecule has 0 atom stereocenters. The minimum atomic E-state index is -3.45. The third kappa shape index (κ3) is 2.18. The molecule has 4 nitrogen and oxygen atoms in total. The molecule has 1 aromatic carbocycles. The molecule has 2 fully saturated rings. The highest BCUT2D eigenvalue weighted by molar-refractivity contribution is 7.87. The van der Waals surface area contributed by atoms with Crippen molar-refractivity contribution in [3.63, 3.8) is 0 Å². The van der Waals surface area contributed by atoms with Crippen molar-refractivity contribution in [3.05, 3.63) is 35.5 Å². The van der Waals surface area contributed by atoms with Crippen molar-refractivity contribution in [2.45, 2.75) is 44.9 Å². The number of aryl methyl sites for hydroxylation is 1. The maximum absolute atomic E-state index is 13.1. The molecular formula is C17H22N2O2S. The number of piperidine rings is 1. The van der Waals surface area contributed by atoms with Gasteiger partial charge in [0.05, 0.1) is 5.52 Å². The molecule has 0 spiro atoms. The van der Waals surface area contributed by atoms with E-state index < -0.39 is 10.2 Å². The largest absolute Gasteiger partial charge is 0.307 e. The van der Waals surface area contributed by atoms with Crippen molar-refractivity contribution in [3.8, 4) is 0 Å². The number of aromatic nitrogens is 1. The normalized spacial score (nSPS) is 20.6. The van der Waals surface area contributed by atoms with E-state index in [2.05, 4.69) is 6.07 Å². The molecule has 1 aliphatic heterocycles. The van der Waals surface area contributed by atoms with E-state index in [4.69, 9.17) is 0 Å². The summed E-state index contributed by atoms with van der Waals surface area (Å²) in [6.45, 7) is 3.29. The van der Waals surface area contributed by atoms with Gasteiger partial charge in [0, 0.05) is 24.7 Å². The fourth-order valence-corrected chi connectivity index (χ4v) is 5.25. The van der Waals surface area contributed by atoms with Gasteiger partial charge in [0.15, 0.2) is 0 Å². The Hall–Kier alpha value is -1.33. The second-order valence-corrected chi connectivity index (χ2v) is 8.40. The van der Waals surface area contributed by atoms with Crippen LogP contribution in [0.3, 0.4) is 0 Å². The number of nitrogens with zero attached hydrogens (tertiary/aromatic N) is 2. The van der Waals surface area contributed by atoms with Crippen molar-refractivity contribution in [2.75, 3.05) is 13.1 Å². The predicted molar refractivity (Wildman–Crippen MR) is 88.4 cm³/mol. The van der Waals surface area contributed by atoms with Gasteiger partial charge < -0.3 is 0 Å². The van der Waals surface area contributed by atoms with Crippen molar-refractivity contribution < 1.29 is 8.42 Å². The Kier molecular flexibility index (Phi) is 3.31. The Bertz CT molecular complexity index is 813. The first-order valence-electron chi connectivity index (χ1n) is 8.20. The average molecular weight is 318 g/mol. The summed E-state index contributed by atoms with van der Waals surface area (Å²) in [5.74, 6) is 0.544. The minimum Gasteiger partial charge on any atom is -0.232 e. The molecule has 4 rings (SSSR count). The van der Waals surface area contributed by atoms with Gasteiger partial charge in [-0.3, -0.25) is 0 Å². The molecule has 0 radical (unpaired) electrons. The molecule has 0 bridgehead atoms. The van der Waals surface area contributed by atoms with Crippen LogP contribution in [-0.2, 0) is 10.2 Å². The summed E-state index contributed by atoms with van der Waals surface area (Å²) in [6.07, 6.45) is 7.30. The predicted octanol–water partition coefficient (Wildman–Crippen LogP) is 3.41.